The predicted octanol–water partition coefficient (Wildman–Crippen LogP) is 1.80. The molecule has 9 heteroatoms. The molecule has 2 aromatic rings. The first kappa shape index (κ1) is 20.4. The summed E-state index contributed by atoms with van der Waals surface area (Å²) < 4.78 is 23.7. The van der Waals surface area contributed by atoms with Crippen LogP contribution in [0, 0.1) is 0 Å². The van der Waals surface area contributed by atoms with Crippen LogP contribution in [-0.2, 0) is 26.7 Å². The normalized spacial score (nSPS) is 21.5. The van der Waals surface area contributed by atoms with Crippen LogP contribution in [0.25, 0.3) is 0 Å². The third-order valence-electron chi connectivity index (χ3n) is 6.14. The number of aromatic nitrogens is 2. The molecule has 0 saturated carbocycles. The Hall–Kier alpha value is -2.52. The SMILES string of the molecule is CN(c1nc(N2CC(OC(=O)c3ccccc3)C2)nc2c1S(=O)CC2)C1CCOCC1. The Bertz CT molecular complexity index is 991. The van der Waals surface area contributed by atoms with Gasteiger partial charge in [0, 0.05) is 38.5 Å². The van der Waals surface area contributed by atoms with Crippen LogP contribution in [0.1, 0.15) is 28.9 Å². The fourth-order valence-electron chi connectivity index (χ4n) is 4.26. The number of esters is 1. The van der Waals surface area contributed by atoms with Crippen LogP contribution >= 0.6 is 0 Å². The predicted molar refractivity (Wildman–Crippen MR) is 117 cm³/mol. The Morgan fingerprint density at radius 2 is 1.94 bits per heavy atom. The third-order valence-corrected chi connectivity index (χ3v) is 7.59. The van der Waals surface area contributed by atoms with Crippen molar-refractivity contribution in [3.05, 3.63) is 41.6 Å². The van der Waals surface area contributed by atoms with Gasteiger partial charge in [0.1, 0.15) is 11.0 Å². The number of carbonyl (C=O) groups excluding carboxylic acids is 1. The number of benzene rings is 1. The number of fused-ring (bicyclic) bond motifs is 1. The van der Waals surface area contributed by atoms with Gasteiger partial charge in [0.25, 0.3) is 0 Å². The average molecular weight is 443 g/mol. The van der Waals surface area contributed by atoms with E-state index in [-0.39, 0.29) is 12.1 Å². The van der Waals surface area contributed by atoms with E-state index >= 15 is 0 Å². The van der Waals surface area contributed by atoms with E-state index in [0.717, 1.165) is 42.5 Å². The minimum atomic E-state index is -1.06. The molecule has 2 fully saturated rings. The molecule has 0 aliphatic carbocycles. The Kier molecular flexibility index (Phi) is 5.62. The van der Waals surface area contributed by atoms with Crippen molar-refractivity contribution < 1.29 is 18.5 Å². The zero-order chi connectivity index (χ0) is 21.4. The van der Waals surface area contributed by atoms with Gasteiger partial charge in [-0.05, 0) is 25.0 Å². The molecule has 1 aromatic heterocycles. The molecule has 2 saturated heterocycles. The number of nitrogens with zero attached hydrogens (tertiary/aromatic N) is 4. The van der Waals surface area contributed by atoms with E-state index in [9.17, 15) is 9.00 Å². The van der Waals surface area contributed by atoms with Crippen molar-refractivity contribution in [3.63, 3.8) is 0 Å². The molecule has 31 heavy (non-hydrogen) atoms. The highest BCUT2D eigenvalue weighted by Gasteiger charge is 2.36. The van der Waals surface area contributed by atoms with E-state index in [2.05, 4.69) is 4.90 Å². The van der Waals surface area contributed by atoms with Crippen LogP contribution in [0.3, 0.4) is 0 Å². The smallest absolute Gasteiger partial charge is 0.338 e. The second kappa shape index (κ2) is 8.55. The molecule has 1 aromatic carbocycles. The van der Waals surface area contributed by atoms with E-state index in [1.807, 2.05) is 30.1 Å². The van der Waals surface area contributed by atoms with Crippen LogP contribution in [0.2, 0.25) is 0 Å². The topological polar surface area (TPSA) is 84.9 Å². The van der Waals surface area contributed by atoms with Gasteiger partial charge in [0.15, 0.2) is 5.82 Å². The van der Waals surface area contributed by atoms with Gasteiger partial charge < -0.3 is 19.3 Å². The van der Waals surface area contributed by atoms with Crippen molar-refractivity contribution in [2.75, 3.05) is 48.9 Å². The maximum absolute atomic E-state index is 12.7. The summed E-state index contributed by atoms with van der Waals surface area (Å²) in [5, 5.41) is 0. The quantitative estimate of drug-likeness (QED) is 0.648. The number of carbonyl (C=O) groups is 1. The highest BCUT2D eigenvalue weighted by molar-refractivity contribution is 7.85. The second-order valence-corrected chi connectivity index (χ2v) is 9.68. The van der Waals surface area contributed by atoms with Crippen LogP contribution in [0.5, 0.6) is 0 Å². The molecule has 3 aliphatic heterocycles. The summed E-state index contributed by atoms with van der Waals surface area (Å²) in [5.41, 5.74) is 1.43. The van der Waals surface area contributed by atoms with Crippen molar-refractivity contribution in [1.29, 1.82) is 0 Å². The zero-order valence-corrected chi connectivity index (χ0v) is 18.3. The van der Waals surface area contributed by atoms with Gasteiger partial charge in [-0.1, -0.05) is 18.2 Å². The van der Waals surface area contributed by atoms with Gasteiger partial charge in [-0.25, -0.2) is 9.78 Å². The molecule has 1 unspecified atom stereocenters. The lowest BCUT2D eigenvalue weighted by atomic mass is 10.1. The summed E-state index contributed by atoms with van der Waals surface area (Å²) in [6.07, 6.45) is 2.37. The molecule has 164 valence electrons. The van der Waals surface area contributed by atoms with Crippen molar-refractivity contribution in [3.8, 4) is 0 Å². The Labute approximate surface area is 184 Å². The average Bonchev–Trinajstić information content (AvgIpc) is 3.16. The molecule has 0 amide bonds. The number of hydrogen-bond donors (Lipinski definition) is 0. The minimum absolute atomic E-state index is 0.185. The molecule has 0 N–H and O–H groups in total. The number of rotatable bonds is 5. The lowest BCUT2D eigenvalue weighted by Gasteiger charge is -2.39. The lowest BCUT2D eigenvalue weighted by Crippen LogP contribution is -2.54. The third kappa shape index (κ3) is 4.04. The molecule has 0 bridgehead atoms. The number of anilines is 2. The van der Waals surface area contributed by atoms with E-state index in [1.54, 1.807) is 12.1 Å². The second-order valence-electron chi connectivity index (χ2n) is 8.18. The monoisotopic (exact) mass is 442 g/mol. The lowest BCUT2D eigenvalue weighted by molar-refractivity contribution is 0.0231. The molecule has 0 radical (unpaired) electrons. The van der Waals surface area contributed by atoms with E-state index in [1.165, 1.54) is 0 Å². The standard InChI is InChI=1S/C22H26N4O4S/c1-25(16-7-10-29-11-8-16)20-19-18(9-12-31(19)28)23-22(24-20)26-13-17(14-26)30-21(27)15-5-3-2-4-6-15/h2-6,16-17H,7-14H2,1H3. The molecule has 1 atom stereocenters. The highest BCUT2D eigenvalue weighted by Crippen LogP contribution is 2.34. The number of aryl methyl sites for hydroxylation is 1. The van der Waals surface area contributed by atoms with Crippen molar-refractivity contribution in [2.45, 2.75) is 36.3 Å². The van der Waals surface area contributed by atoms with Gasteiger partial charge in [-0.2, -0.15) is 4.98 Å². The minimum Gasteiger partial charge on any atom is -0.455 e. The molecule has 0 spiro atoms. The first-order valence-corrected chi connectivity index (χ1v) is 12.0. The van der Waals surface area contributed by atoms with Crippen molar-refractivity contribution in [2.24, 2.45) is 0 Å². The molecule has 5 rings (SSSR count). The van der Waals surface area contributed by atoms with Crippen LogP contribution in [0.4, 0.5) is 11.8 Å². The maximum atomic E-state index is 12.7. The fraction of sp³-hybridized carbons (Fsp3) is 0.500. The highest BCUT2D eigenvalue weighted by atomic mass is 32.2. The summed E-state index contributed by atoms with van der Waals surface area (Å²) in [6.45, 7) is 2.58. The first-order chi connectivity index (χ1) is 15.1. The van der Waals surface area contributed by atoms with E-state index < -0.39 is 10.8 Å². The first-order valence-electron chi connectivity index (χ1n) is 10.7. The Balaban J connectivity index is 1.31. The van der Waals surface area contributed by atoms with Crippen LogP contribution in [-0.4, -0.2) is 71.4 Å². The molecule has 8 nitrogen and oxygen atoms in total. The number of hydrogen-bond acceptors (Lipinski definition) is 8. The molecular formula is C22H26N4O4S. The van der Waals surface area contributed by atoms with Gasteiger partial charge in [-0.3, -0.25) is 4.21 Å². The number of ether oxygens (including phenoxy) is 2. The van der Waals surface area contributed by atoms with E-state index in [4.69, 9.17) is 19.4 Å². The Morgan fingerprint density at radius 3 is 2.68 bits per heavy atom. The fourth-order valence-corrected chi connectivity index (χ4v) is 5.65. The summed E-state index contributed by atoms with van der Waals surface area (Å²) in [5.74, 6) is 1.68. The summed E-state index contributed by atoms with van der Waals surface area (Å²) in [7, 11) is 0.965. The van der Waals surface area contributed by atoms with E-state index in [0.29, 0.717) is 42.8 Å². The molecular weight excluding hydrogens is 416 g/mol. The van der Waals surface area contributed by atoms with Gasteiger partial charge in [0.2, 0.25) is 5.95 Å². The van der Waals surface area contributed by atoms with Crippen molar-refractivity contribution in [1.82, 2.24) is 9.97 Å². The van der Waals surface area contributed by atoms with Crippen LogP contribution in [0.15, 0.2) is 35.2 Å². The van der Waals surface area contributed by atoms with Crippen molar-refractivity contribution >= 4 is 28.5 Å². The Morgan fingerprint density at radius 1 is 1.19 bits per heavy atom. The summed E-state index contributed by atoms with van der Waals surface area (Å²) >= 11 is 0. The molecule has 3 aliphatic rings. The zero-order valence-electron chi connectivity index (χ0n) is 17.5. The van der Waals surface area contributed by atoms with Gasteiger partial charge in [0.05, 0.1) is 35.1 Å². The summed E-state index contributed by atoms with van der Waals surface area (Å²) in [4.78, 5) is 26.8. The maximum Gasteiger partial charge on any atom is 0.338 e. The summed E-state index contributed by atoms with van der Waals surface area (Å²) in [6, 6.07) is 9.33. The van der Waals surface area contributed by atoms with Gasteiger partial charge in [-0.15, -0.1) is 0 Å². The van der Waals surface area contributed by atoms with Gasteiger partial charge >= 0.3 is 5.97 Å². The largest absolute Gasteiger partial charge is 0.455 e. The van der Waals surface area contributed by atoms with Crippen LogP contribution < -0.4 is 9.80 Å². The molecule has 4 heterocycles.